The molecule has 0 aliphatic carbocycles. The minimum absolute atomic E-state index is 0.767. The van der Waals surface area contributed by atoms with E-state index in [-0.39, 0.29) is 0 Å². The number of hydrogen-bond donors (Lipinski definition) is 0. The highest BCUT2D eigenvalue weighted by Gasteiger charge is 2.22. The van der Waals surface area contributed by atoms with Gasteiger partial charge in [0.05, 0.1) is 12.2 Å². The fourth-order valence-corrected chi connectivity index (χ4v) is 4.26. The zero-order chi connectivity index (χ0) is 15.8. The zero-order valence-corrected chi connectivity index (χ0v) is 14.6. The first-order chi connectivity index (χ1) is 11.3. The molecule has 0 bridgehead atoms. The van der Waals surface area contributed by atoms with Crippen LogP contribution in [0.15, 0.2) is 16.9 Å². The van der Waals surface area contributed by atoms with Crippen molar-refractivity contribution in [1.82, 2.24) is 24.9 Å². The van der Waals surface area contributed by atoms with E-state index in [0.29, 0.717) is 0 Å². The molecule has 3 aromatic heterocycles. The monoisotopic (exact) mass is 344 g/mol. The van der Waals surface area contributed by atoms with Crippen molar-refractivity contribution in [1.29, 1.82) is 0 Å². The van der Waals surface area contributed by atoms with Gasteiger partial charge in [-0.1, -0.05) is 18.7 Å². The van der Waals surface area contributed by atoms with Gasteiger partial charge in [-0.05, 0) is 18.2 Å². The van der Waals surface area contributed by atoms with E-state index in [1.807, 2.05) is 12.5 Å². The summed E-state index contributed by atoms with van der Waals surface area (Å²) in [6.45, 7) is 3.77. The van der Waals surface area contributed by atoms with Crippen molar-refractivity contribution in [2.45, 2.75) is 30.6 Å². The van der Waals surface area contributed by atoms with Gasteiger partial charge in [-0.25, -0.2) is 24.9 Å². The second kappa shape index (κ2) is 6.01. The van der Waals surface area contributed by atoms with Crippen LogP contribution in [0.25, 0.3) is 10.3 Å². The number of rotatable bonds is 3. The van der Waals surface area contributed by atoms with E-state index in [1.54, 1.807) is 29.4 Å². The summed E-state index contributed by atoms with van der Waals surface area (Å²) in [4.78, 5) is 24.7. The Morgan fingerprint density at radius 3 is 3.00 bits per heavy atom. The van der Waals surface area contributed by atoms with Crippen LogP contribution in [0.5, 0.6) is 0 Å². The lowest BCUT2D eigenvalue weighted by Crippen LogP contribution is -2.32. The van der Waals surface area contributed by atoms with Crippen LogP contribution in [0.1, 0.15) is 24.0 Å². The maximum absolute atomic E-state index is 4.70. The quantitative estimate of drug-likeness (QED) is 0.677. The Bertz CT molecular complexity index is 862. The Balaban J connectivity index is 1.73. The van der Waals surface area contributed by atoms with Gasteiger partial charge >= 0.3 is 0 Å². The molecule has 4 rings (SSSR count). The Morgan fingerprint density at radius 2 is 2.17 bits per heavy atom. The summed E-state index contributed by atoms with van der Waals surface area (Å²) >= 11 is 3.30. The van der Waals surface area contributed by atoms with Crippen LogP contribution in [0.4, 0.5) is 5.82 Å². The van der Waals surface area contributed by atoms with Crippen LogP contribution >= 0.6 is 23.1 Å². The molecular weight excluding hydrogens is 328 g/mol. The van der Waals surface area contributed by atoms with Crippen LogP contribution in [-0.4, -0.2) is 37.7 Å². The van der Waals surface area contributed by atoms with Crippen molar-refractivity contribution in [3.63, 3.8) is 0 Å². The van der Waals surface area contributed by atoms with Crippen molar-refractivity contribution in [3.8, 4) is 0 Å². The van der Waals surface area contributed by atoms with Gasteiger partial charge in [0.15, 0.2) is 15.8 Å². The molecule has 0 spiro atoms. The topological polar surface area (TPSA) is 67.7 Å². The van der Waals surface area contributed by atoms with Gasteiger partial charge in [0, 0.05) is 19.2 Å². The molecule has 6 nitrogen and oxygen atoms in total. The number of anilines is 1. The number of thiazole rings is 1. The number of hydrogen-bond acceptors (Lipinski definition) is 8. The highest BCUT2D eigenvalue weighted by molar-refractivity contribution is 8.00. The highest BCUT2D eigenvalue weighted by Crippen LogP contribution is 2.34. The maximum atomic E-state index is 4.70. The summed E-state index contributed by atoms with van der Waals surface area (Å²) in [5.41, 5.74) is 3.15. The van der Waals surface area contributed by atoms with Crippen molar-refractivity contribution in [2.24, 2.45) is 0 Å². The second-order valence-corrected chi connectivity index (χ2v) is 7.37. The lowest BCUT2D eigenvalue weighted by atomic mass is 10.1. The minimum Gasteiger partial charge on any atom is -0.349 e. The molecule has 118 valence electrons. The molecule has 4 heterocycles. The van der Waals surface area contributed by atoms with E-state index in [1.165, 1.54) is 5.56 Å². The number of fused-ring (bicyclic) bond motifs is 2. The third-order valence-electron chi connectivity index (χ3n) is 3.94. The number of thioether (sulfide) groups is 1. The lowest BCUT2D eigenvalue weighted by Gasteiger charge is -2.29. The number of aryl methyl sites for hydroxylation is 1. The molecule has 1 aliphatic rings. The Kier molecular flexibility index (Phi) is 3.86. The Morgan fingerprint density at radius 1 is 1.26 bits per heavy atom. The first kappa shape index (κ1) is 14.8. The van der Waals surface area contributed by atoms with Gasteiger partial charge in [-0.3, -0.25) is 0 Å². The van der Waals surface area contributed by atoms with Crippen LogP contribution in [0, 0.1) is 0 Å². The molecule has 0 unspecified atom stereocenters. The molecule has 0 saturated carbocycles. The summed E-state index contributed by atoms with van der Waals surface area (Å²) < 4.78 is 2.08. The van der Waals surface area contributed by atoms with E-state index in [9.17, 15) is 0 Å². The maximum Gasteiger partial charge on any atom is 0.176 e. The second-order valence-electron chi connectivity index (χ2n) is 5.32. The van der Waals surface area contributed by atoms with Crippen molar-refractivity contribution in [2.75, 3.05) is 17.7 Å². The largest absolute Gasteiger partial charge is 0.349 e. The average Bonchev–Trinajstić information content (AvgIpc) is 3.04. The summed E-state index contributed by atoms with van der Waals surface area (Å²) in [7, 11) is 0. The van der Waals surface area contributed by atoms with Gasteiger partial charge in [-0.2, -0.15) is 0 Å². The van der Waals surface area contributed by atoms with E-state index < -0.39 is 0 Å². The standard InChI is InChI=1S/C15H16N6S2/c1-3-11-16-6-9-4-5-21(7-10(9)19-11)14-12-13(17-8-18-14)20-15(22-2)23-12/h6,8H,3-5,7H2,1-2H3. The number of aromatic nitrogens is 5. The summed E-state index contributed by atoms with van der Waals surface area (Å²) in [6, 6.07) is 0. The SMILES string of the molecule is CCc1ncc2c(n1)CN(c1ncnc3nc(SC)sc13)CC2. The first-order valence-electron chi connectivity index (χ1n) is 7.52. The van der Waals surface area contributed by atoms with E-state index >= 15 is 0 Å². The molecule has 0 N–H and O–H groups in total. The number of nitrogens with zero attached hydrogens (tertiary/aromatic N) is 6. The van der Waals surface area contributed by atoms with Gasteiger partial charge in [0.25, 0.3) is 0 Å². The smallest absolute Gasteiger partial charge is 0.176 e. The van der Waals surface area contributed by atoms with Gasteiger partial charge in [0.1, 0.15) is 16.9 Å². The molecular formula is C15H16N6S2. The molecule has 0 atom stereocenters. The lowest BCUT2D eigenvalue weighted by molar-refractivity contribution is 0.687. The Hall–Kier alpha value is -1.80. The van der Waals surface area contributed by atoms with E-state index in [4.69, 9.17) is 4.98 Å². The summed E-state index contributed by atoms with van der Waals surface area (Å²) in [6.07, 6.45) is 7.42. The normalized spacial score (nSPS) is 14.3. The third-order valence-corrected chi connectivity index (χ3v) is 5.96. The molecule has 3 aromatic rings. The molecule has 8 heteroatoms. The predicted molar refractivity (Wildman–Crippen MR) is 93.2 cm³/mol. The molecule has 0 amide bonds. The van der Waals surface area contributed by atoms with Crippen LogP contribution in [0.2, 0.25) is 0 Å². The van der Waals surface area contributed by atoms with Crippen LogP contribution < -0.4 is 4.90 Å². The van der Waals surface area contributed by atoms with E-state index in [0.717, 1.165) is 58.0 Å². The molecule has 0 saturated heterocycles. The Labute approximate surface area is 142 Å². The van der Waals surface area contributed by atoms with Gasteiger partial charge < -0.3 is 4.90 Å². The molecule has 23 heavy (non-hydrogen) atoms. The molecule has 0 radical (unpaired) electrons. The van der Waals surface area contributed by atoms with Crippen molar-refractivity contribution < 1.29 is 0 Å². The minimum atomic E-state index is 0.767. The van der Waals surface area contributed by atoms with Gasteiger partial charge in [0.2, 0.25) is 0 Å². The molecule has 0 aromatic carbocycles. The zero-order valence-electron chi connectivity index (χ0n) is 13.0. The summed E-state index contributed by atoms with van der Waals surface area (Å²) in [5, 5.41) is 0. The van der Waals surface area contributed by atoms with Crippen molar-refractivity contribution in [3.05, 3.63) is 29.6 Å². The van der Waals surface area contributed by atoms with Crippen LogP contribution in [-0.2, 0) is 19.4 Å². The third kappa shape index (κ3) is 2.66. The van der Waals surface area contributed by atoms with Crippen molar-refractivity contribution >= 4 is 39.3 Å². The fraction of sp³-hybridized carbons (Fsp3) is 0.400. The van der Waals surface area contributed by atoms with E-state index in [2.05, 4.69) is 31.8 Å². The molecule has 0 fully saturated rings. The average molecular weight is 344 g/mol. The predicted octanol–water partition coefficient (Wildman–Crippen LogP) is 2.72. The highest BCUT2D eigenvalue weighted by atomic mass is 32.2. The summed E-state index contributed by atoms with van der Waals surface area (Å²) in [5.74, 6) is 1.87. The van der Waals surface area contributed by atoms with Crippen LogP contribution in [0.3, 0.4) is 0 Å². The first-order valence-corrected chi connectivity index (χ1v) is 9.56. The van der Waals surface area contributed by atoms with Gasteiger partial charge in [-0.15, -0.1) is 11.3 Å². The molecule has 1 aliphatic heterocycles. The fourth-order valence-electron chi connectivity index (χ4n) is 2.73.